The average Bonchev–Trinajstić information content (AvgIpc) is 2.48. The molecule has 1 aromatic rings. The van der Waals surface area contributed by atoms with E-state index in [4.69, 9.17) is 11.6 Å². The molecule has 5 nitrogen and oxygen atoms in total. The van der Waals surface area contributed by atoms with Crippen molar-refractivity contribution >= 4 is 51.5 Å². The van der Waals surface area contributed by atoms with E-state index in [2.05, 4.69) is 10.6 Å². The van der Waals surface area contributed by atoms with E-state index in [1.54, 1.807) is 12.1 Å². The van der Waals surface area contributed by atoms with Crippen molar-refractivity contribution in [1.29, 1.82) is 0 Å². The van der Waals surface area contributed by atoms with Gasteiger partial charge in [0.05, 0.1) is 10.6 Å². The smallest absolute Gasteiger partial charge is 0.221 e. The third kappa shape index (κ3) is 6.89. The van der Waals surface area contributed by atoms with Gasteiger partial charge in [0, 0.05) is 42.1 Å². The third-order valence-corrected chi connectivity index (χ3v) is 6.41. The molecular formula is C14H20Cl2N2O3S2. The van der Waals surface area contributed by atoms with Gasteiger partial charge in [-0.3, -0.25) is 4.79 Å². The minimum Gasteiger partial charge on any atom is -0.355 e. The van der Waals surface area contributed by atoms with E-state index < -0.39 is 9.84 Å². The molecule has 0 aromatic heterocycles. The standard InChI is InChI=1S/C14H19ClN2O3S2.ClH/c15-11-1-3-13(4-2-11)22(19,20)8-6-17-14(18)9-12-10-21-7-5-16-12;/h1-4,12,16H,5-10H2,(H,17,18);1H. The molecule has 9 heteroatoms. The van der Waals surface area contributed by atoms with Crippen LogP contribution in [0.1, 0.15) is 6.42 Å². The lowest BCUT2D eigenvalue weighted by Gasteiger charge is -2.22. The zero-order chi connectivity index (χ0) is 16.0. The number of halogens is 2. The molecule has 0 bridgehead atoms. The normalized spacial score (nSPS) is 18.0. The van der Waals surface area contributed by atoms with Gasteiger partial charge in [-0.15, -0.1) is 12.4 Å². The molecule has 1 amide bonds. The molecule has 1 fully saturated rings. The Morgan fingerprint density at radius 3 is 2.65 bits per heavy atom. The van der Waals surface area contributed by atoms with E-state index in [1.165, 1.54) is 12.1 Å². The van der Waals surface area contributed by atoms with Crippen molar-refractivity contribution in [3.63, 3.8) is 0 Å². The maximum absolute atomic E-state index is 12.1. The van der Waals surface area contributed by atoms with Crippen LogP contribution >= 0.6 is 35.8 Å². The van der Waals surface area contributed by atoms with Gasteiger partial charge in [-0.05, 0) is 24.3 Å². The molecule has 0 spiro atoms. The monoisotopic (exact) mass is 398 g/mol. The Kier molecular flexibility index (Phi) is 8.71. The summed E-state index contributed by atoms with van der Waals surface area (Å²) in [6.45, 7) is 1.03. The number of carbonyl (C=O) groups is 1. The fourth-order valence-corrected chi connectivity index (χ4v) is 4.36. The Hall–Kier alpha value is -0.470. The number of rotatable bonds is 6. The van der Waals surface area contributed by atoms with Crippen molar-refractivity contribution in [3.8, 4) is 0 Å². The van der Waals surface area contributed by atoms with Gasteiger partial charge in [0.1, 0.15) is 0 Å². The van der Waals surface area contributed by atoms with Crippen LogP contribution < -0.4 is 10.6 Å². The van der Waals surface area contributed by atoms with Crippen molar-refractivity contribution in [2.24, 2.45) is 0 Å². The van der Waals surface area contributed by atoms with E-state index in [9.17, 15) is 13.2 Å². The Labute approximate surface area is 152 Å². The molecule has 1 aliphatic rings. The summed E-state index contributed by atoms with van der Waals surface area (Å²) < 4.78 is 24.2. The predicted molar refractivity (Wildman–Crippen MR) is 97.5 cm³/mol. The molecule has 1 saturated heterocycles. The summed E-state index contributed by atoms with van der Waals surface area (Å²) in [6.07, 6.45) is 0.383. The SMILES string of the molecule is Cl.O=C(CC1CSCCN1)NCCS(=O)(=O)c1ccc(Cl)cc1. The van der Waals surface area contributed by atoms with Crippen molar-refractivity contribution in [3.05, 3.63) is 29.3 Å². The minimum atomic E-state index is -3.40. The molecule has 2 rings (SSSR count). The van der Waals surface area contributed by atoms with Crippen LogP contribution in [0.3, 0.4) is 0 Å². The summed E-state index contributed by atoms with van der Waals surface area (Å²) in [5.74, 6) is 1.74. The zero-order valence-electron chi connectivity index (χ0n) is 12.5. The molecule has 2 N–H and O–H groups in total. The van der Waals surface area contributed by atoms with Gasteiger partial charge in [-0.1, -0.05) is 11.6 Å². The second-order valence-electron chi connectivity index (χ2n) is 5.05. The Morgan fingerprint density at radius 1 is 1.35 bits per heavy atom. The first-order valence-electron chi connectivity index (χ1n) is 7.03. The van der Waals surface area contributed by atoms with Crippen molar-refractivity contribution in [2.45, 2.75) is 17.4 Å². The van der Waals surface area contributed by atoms with Crippen molar-refractivity contribution in [1.82, 2.24) is 10.6 Å². The molecule has 1 aliphatic heterocycles. The highest BCUT2D eigenvalue weighted by Gasteiger charge is 2.18. The van der Waals surface area contributed by atoms with Crippen LogP contribution in [0.25, 0.3) is 0 Å². The van der Waals surface area contributed by atoms with Crippen LogP contribution in [-0.2, 0) is 14.6 Å². The quantitative estimate of drug-likeness (QED) is 0.763. The lowest BCUT2D eigenvalue weighted by Crippen LogP contribution is -2.42. The van der Waals surface area contributed by atoms with E-state index in [-0.39, 0.29) is 41.5 Å². The lowest BCUT2D eigenvalue weighted by atomic mass is 10.2. The first-order valence-corrected chi connectivity index (χ1v) is 10.2. The molecule has 130 valence electrons. The predicted octanol–water partition coefficient (Wildman–Crippen LogP) is 1.75. The topological polar surface area (TPSA) is 75.3 Å². The number of hydrogen-bond acceptors (Lipinski definition) is 5. The Morgan fingerprint density at radius 2 is 2.04 bits per heavy atom. The lowest BCUT2D eigenvalue weighted by molar-refractivity contribution is -0.121. The molecule has 1 heterocycles. The molecule has 0 saturated carbocycles. The van der Waals surface area contributed by atoms with E-state index >= 15 is 0 Å². The van der Waals surface area contributed by atoms with Gasteiger partial charge in [-0.2, -0.15) is 11.8 Å². The average molecular weight is 399 g/mol. The van der Waals surface area contributed by atoms with E-state index in [0.29, 0.717) is 11.4 Å². The van der Waals surface area contributed by atoms with Crippen molar-refractivity contribution in [2.75, 3.05) is 30.3 Å². The van der Waals surface area contributed by atoms with Gasteiger partial charge in [0.15, 0.2) is 9.84 Å². The summed E-state index contributed by atoms with van der Waals surface area (Å²) in [5, 5.41) is 6.44. The van der Waals surface area contributed by atoms with E-state index in [0.717, 1.165) is 18.1 Å². The van der Waals surface area contributed by atoms with Crippen LogP contribution in [0.15, 0.2) is 29.2 Å². The molecule has 1 unspecified atom stereocenters. The summed E-state index contributed by atoms with van der Waals surface area (Å²) >= 11 is 7.56. The zero-order valence-corrected chi connectivity index (χ0v) is 15.7. The first kappa shape index (κ1) is 20.6. The van der Waals surface area contributed by atoms with Gasteiger partial charge in [0.25, 0.3) is 0 Å². The van der Waals surface area contributed by atoms with Crippen molar-refractivity contribution < 1.29 is 13.2 Å². The number of amides is 1. The molecule has 0 radical (unpaired) electrons. The molecule has 1 aromatic carbocycles. The highest BCUT2D eigenvalue weighted by Crippen LogP contribution is 2.15. The number of sulfone groups is 1. The summed E-state index contributed by atoms with van der Waals surface area (Å²) in [5.41, 5.74) is 0. The van der Waals surface area contributed by atoms with Crippen LogP contribution in [0.5, 0.6) is 0 Å². The summed E-state index contributed by atoms with van der Waals surface area (Å²) in [7, 11) is -3.40. The fourth-order valence-electron chi connectivity index (χ4n) is 2.13. The van der Waals surface area contributed by atoms with E-state index in [1.807, 2.05) is 11.8 Å². The maximum Gasteiger partial charge on any atom is 0.221 e. The van der Waals surface area contributed by atoms with Gasteiger partial charge in [-0.25, -0.2) is 8.42 Å². The highest BCUT2D eigenvalue weighted by molar-refractivity contribution is 7.99. The van der Waals surface area contributed by atoms with Gasteiger partial charge in [0.2, 0.25) is 5.91 Å². The van der Waals surface area contributed by atoms with Gasteiger partial charge < -0.3 is 10.6 Å². The molecular weight excluding hydrogens is 379 g/mol. The number of hydrogen-bond donors (Lipinski definition) is 2. The fraction of sp³-hybridized carbons (Fsp3) is 0.500. The number of benzene rings is 1. The number of nitrogens with one attached hydrogen (secondary N) is 2. The number of thioether (sulfide) groups is 1. The number of carbonyl (C=O) groups excluding carboxylic acids is 1. The highest BCUT2D eigenvalue weighted by atomic mass is 35.5. The summed E-state index contributed by atoms with van der Waals surface area (Å²) in [6, 6.07) is 6.20. The molecule has 23 heavy (non-hydrogen) atoms. The van der Waals surface area contributed by atoms with Gasteiger partial charge >= 0.3 is 0 Å². The maximum atomic E-state index is 12.1. The summed E-state index contributed by atoms with van der Waals surface area (Å²) in [4.78, 5) is 12.0. The first-order chi connectivity index (χ1) is 10.5. The molecule has 0 aliphatic carbocycles. The second kappa shape index (κ2) is 9.74. The van der Waals surface area contributed by atoms with Crippen LogP contribution in [0.2, 0.25) is 5.02 Å². The van der Waals surface area contributed by atoms with Crippen LogP contribution in [0, 0.1) is 0 Å². The van der Waals surface area contributed by atoms with Crippen LogP contribution in [0.4, 0.5) is 0 Å². The molecule has 1 atom stereocenters. The Balaban J connectivity index is 0.00000264. The second-order valence-corrected chi connectivity index (χ2v) is 8.75. The minimum absolute atomic E-state index is 0. The van der Waals surface area contributed by atoms with Crippen LogP contribution in [-0.4, -0.2) is 50.7 Å². The Bertz CT molecular complexity index is 603. The largest absolute Gasteiger partial charge is 0.355 e. The third-order valence-electron chi connectivity index (χ3n) is 3.30.